The maximum Gasteiger partial charge on any atom is 0.0165 e. The minimum Gasteiger partial charge on any atom is -0.316 e. The van der Waals surface area contributed by atoms with Crippen LogP contribution in [0.1, 0.15) is 60.3 Å². The van der Waals surface area contributed by atoms with Crippen LogP contribution >= 0.6 is 0 Å². The molecule has 0 radical (unpaired) electrons. The monoisotopic (exact) mass is 268 g/mol. The van der Waals surface area contributed by atoms with E-state index < -0.39 is 0 Å². The number of hydrogen-bond acceptors (Lipinski definition) is 2. The topological polar surface area (TPSA) is 15.3 Å². The third-order valence-electron chi connectivity index (χ3n) is 3.38. The van der Waals surface area contributed by atoms with Crippen molar-refractivity contribution in [3.05, 3.63) is 12.7 Å². The van der Waals surface area contributed by atoms with Gasteiger partial charge in [0.1, 0.15) is 0 Å². The number of unbranched alkanes of at least 4 members (excludes halogenated alkanes) is 3. The van der Waals surface area contributed by atoms with Crippen molar-refractivity contribution in [2.45, 2.75) is 65.8 Å². The zero-order valence-electron chi connectivity index (χ0n) is 14.0. The Bertz CT molecular complexity index is 216. The maximum atomic E-state index is 3.86. The highest BCUT2D eigenvalue weighted by Crippen LogP contribution is 2.14. The van der Waals surface area contributed by atoms with Gasteiger partial charge in [-0.1, -0.05) is 32.8 Å². The largest absolute Gasteiger partial charge is 0.316 e. The van der Waals surface area contributed by atoms with Gasteiger partial charge in [0, 0.05) is 12.1 Å². The summed E-state index contributed by atoms with van der Waals surface area (Å²) >= 11 is 0. The molecule has 19 heavy (non-hydrogen) atoms. The smallest absolute Gasteiger partial charge is 0.0165 e. The van der Waals surface area contributed by atoms with E-state index in [1.807, 2.05) is 6.08 Å². The molecule has 0 saturated heterocycles. The molecule has 0 aromatic carbocycles. The summed E-state index contributed by atoms with van der Waals surface area (Å²) in [5, 5.41) is 3.51. The average Bonchev–Trinajstić information content (AvgIpc) is 2.29. The molecule has 0 aromatic heterocycles. The van der Waals surface area contributed by atoms with Crippen LogP contribution in [0, 0.1) is 5.92 Å². The van der Waals surface area contributed by atoms with Gasteiger partial charge in [-0.3, -0.25) is 4.90 Å². The second kappa shape index (κ2) is 10.4. The third-order valence-corrected chi connectivity index (χ3v) is 3.38. The van der Waals surface area contributed by atoms with Gasteiger partial charge in [-0.15, -0.1) is 6.58 Å². The summed E-state index contributed by atoms with van der Waals surface area (Å²) in [7, 11) is 0. The van der Waals surface area contributed by atoms with Crippen molar-refractivity contribution in [1.82, 2.24) is 10.2 Å². The fourth-order valence-corrected chi connectivity index (χ4v) is 2.15. The minimum atomic E-state index is 0.257. The number of rotatable bonds is 11. The van der Waals surface area contributed by atoms with E-state index in [0.29, 0.717) is 0 Å². The van der Waals surface area contributed by atoms with E-state index in [0.717, 1.165) is 19.0 Å². The molecular weight excluding hydrogens is 232 g/mol. The molecule has 0 aliphatic carbocycles. The van der Waals surface area contributed by atoms with Crippen LogP contribution in [0.25, 0.3) is 0 Å². The van der Waals surface area contributed by atoms with Crippen LogP contribution in [-0.4, -0.2) is 36.6 Å². The lowest BCUT2D eigenvalue weighted by Gasteiger charge is -2.34. The molecule has 2 heteroatoms. The summed E-state index contributed by atoms with van der Waals surface area (Å²) < 4.78 is 0. The SMILES string of the molecule is C=CCN(CCCCCCNCC(C)C)C(C)(C)C. The molecule has 0 saturated carbocycles. The van der Waals surface area contributed by atoms with Crippen molar-refractivity contribution < 1.29 is 0 Å². The molecule has 2 nitrogen and oxygen atoms in total. The molecule has 0 spiro atoms. The quantitative estimate of drug-likeness (QED) is 0.449. The lowest BCUT2D eigenvalue weighted by atomic mass is 10.0. The Hall–Kier alpha value is -0.340. The van der Waals surface area contributed by atoms with Gasteiger partial charge in [-0.2, -0.15) is 0 Å². The Kier molecular flexibility index (Phi) is 10.3. The van der Waals surface area contributed by atoms with Crippen LogP contribution in [-0.2, 0) is 0 Å². The lowest BCUT2D eigenvalue weighted by molar-refractivity contribution is 0.151. The zero-order chi connectivity index (χ0) is 14.7. The Balaban J connectivity index is 3.53. The molecule has 0 unspecified atom stereocenters. The molecule has 0 aromatic rings. The van der Waals surface area contributed by atoms with E-state index in [-0.39, 0.29) is 5.54 Å². The Labute approximate surface area is 121 Å². The van der Waals surface area contributed by atoms with Crippen molar-refractivity contribution in [3.63, 3.8) is 0 Å². The van der Waals surface area contributed by atoms with Gasteiger partial charge in [0.05, 0.1) is 0 Å². The predicted molar refractivity (Wildman–Crippen MR) is 87.7 cm³/mol. The first-order chi connectivity index (χ1) is 8.88. The van der Waals surface area contributed by atoms with Crippen molar-refractivity contribution >= 4 is 0 Å². The van der Waals surface area contributed by atoms with Crippen LogP contribution in [0.5, 0.6) is 0 Å². The van der Waals surface area contributed by atoms with Gasteiger partial charge in [-0.05, 0) is 59.2 Å². The van der Waals surface area contributed by atoms with Gasteiger partial charge in [0.25, 0.3) is 0 Å². The summed E-state index contributed by atoms with van der Waals surface area (Å²) in [5.41, 5.74) is 0.257. The average molecular weight is 268 g/mol. The molecule has 0 amide bonds. The molecule has 0 aliphatic rings. The Morgan fingerprint density at radius 1 is 1.11 bits per heavy atom. The van der Waals surface area contributed by atoms with E-state index in [4.69, 9.17) is 0 Å². The fraction of sp³-hybridized carbons (Fsp3) is 0.882. The normalized spacial score (nSPS) is 12.4. The standard InChI is InChI=1S/C17H36N2/c1-7-13-19(17(4,5)6)14-11-9-8-10-12-18-15-16(2)3/h7,16,18H,1,8-15H2,2-6H3. The Morgan fingerprint density at radius 3 is 2.26 bits per heavy atom. The second-order valence-electron chi connectivity index (χ2n) is 6.92. The van der Waals surface area contributed by atoms with Crippen molar-refractivity contribution in [3.8, 4) is 0 Å². The van der Waals surface area contributed by atoms with Crippen LogP contribution < -0.4 is 5.32 Å². The number of hydrogen-bond donors (Lipinski definition) is 1. The molecule has 0 fully saturated rings. The van der Waals surface area contributed by atoms with Crippen LogP contribution in [0.15, 0.2) is 12.7 Å². The van der Waals surface area contributed by atoms with Gasteiger partial charge in [-0.25, -0.2) is 0 Å². The van der Waals surface area contributed by atoms with Crippen LogP contribution in [0.3, 0.4) is 0 Å². The highest BCUT2D eigenvalue weighted by atomic mass is 15.2. The molecule has 0 aliphatic heterocycles. The van der Waals surface area contributed by atoms with E-state index >= 15 is 0 Å². The summed E-state index contributed by atoms with van der Waals surface area (Å²) in [4.78, 5) is 2.51. The fourth-order valence-electron chi connectivity index (χ4n) is 2.15. The Morgan fingerprint density at radius 2 is 1.74 bits per heavy atom. The van der Waals surface area contributed by atoms with Crippen molar-refractivity contribution in [2.24, 2.45) is 5.92 Å². The maximum absolute atomic E-state index is 3.86. The van der Waals surface area contributed by atoms with Gasteiger partial charge in [0.15, 0.2) is 0 Å². The first kappa shape index (κ1) is 18.7. The second-order valence-corrected chi connectivity index (χ2v) is 6.92. The molecular formula is C17H36N2. The third kappa shape index (κ3) is 11.2. The zero-order valence-corrected chi connectivity index (χ0v) is 14.0. The van der Waals surface area contributed by atoms with Crippen LogP contribution in [0.2, 0.25) is 0 Å². The van der Waals surface area contributed by atoms with E-state index in [1.165, 1.54) is 38.8 Å². The molecule has 0 bridgehead atoms. The lowest BCUT2D eigenvalue weighted by Crippen LogP contribution is -2.42. The van der Waals surface area contributed by atoms with Gasteiger partial charge >= 0.3 is 0 Å². The predicted octanol–water partition coefficient (Wildman–Crippen LogP) is 4.08. The molecule has 0 heterocycles. The summed E-state index contributed by atoms with van der Waals surface area (Å²) in [5.74, 6) is 0.763. The summed E-state index contributed by atoms with van der Waals surface area (Å²) in [6, 6.07) is 0. The van der Waals surface area contributed by atoms with Crippen molar-refractivity contribution in [1.29, 1.82) is 0 Å². The number of nitrogens with one attached hydrogen (secondary N) is 1. The molecule has 1 N–H and O–H groups in total. The van der Waals surface area contributed by atoms with E-state index in [2.05, 4.69) is 51.4 Å². The molecule has 0 atom stereocenters. The first-order valence-electron chi connectivity index (χ1n) is 7.94. The number of nitrogens with zero attached hydrogens (tertiary/aromatic N) is 1. The van der Waals surface area contributed by atoms with E-state index in [9.17, 15) is 0 Å². The minimum absolute atomic E-state index is 0.257. The van der Waals surface area contributed by atoms with Gasteiger partial charge in [0.2, 0.25) is 0 Å². The van der Waals surface area contributed by atoms with Gasteiger partial charge < -0.3 is 5.32 Å². The molecule has 0 rings (SSSR count). The summed E-state index contributed by atoms with van der Waals surface area (Å²) in [6.07, 6.45) is 7.31. The molecule has 114 valence electrons. The van der Waals surface area contributed by atoms with Crippen molar-refractivity contribution in [2.75, 3.05) is 26.2 Å². The van der Waals surface area contributed by atoms with Crippen LogP contribution in [0.4, 0.5) is 0 Å². The first-order valence-corrected chi connectivity index (χ1v) is 7.94. The van der Waals surface area contributed by atoms with E-state index in [1.54, 1.807) is 0 Å². The highest BCUT2D eigenvalue weighted by Gasteiger charge is 2.18. The highest BCUT2D eigenvalue weighted by molar-refractivity contribution is 4.82. The summed E-state index contributed by atoms with van der Waals surface area (Å²) in [6.45, 7) is 19.7.